The summed E-state index contributed by atoms with van der Waals surface area (Å²) in [6.45, 7) is 0. The summed E-state index contributed by atoms with van der Waals surface area (Å²) < 4.78 is 0. The maximum absolute atomic E-state index is 11.2. The highest BCUT2D eigenvalue weighted by atomic mass is 16.1. The summed E-state index contributed by atoms with van der Waals surface area (Å²) in [6.07, 6.45) is 3.62. The van der Waals surface area contributed by atoms with E-state index in [1.54, 1.807) is 6.07 Å². The number of aryl methyl sites for hydroxylation is 1. The first kappa shape index (κ1) is 8.70. The molecule has 4 heteroatoms. The Bertz CT molecular complexity index is 420. The Morgan fingerprint density at radius 2 is 2.36 bits per heavy atom. The van der Waals surface area contributed by atoms with Crippen LogP contribution >= 0.6 is 0 Å². The van der Waals surface area contributed by atoms with Gasteiger partial charge in [-0.3, -0.25) is 4.79 Å². The Hall–Kier alpha value is -1.89. The average Bonchev–Trinajstić information content (AvgIpc) is 2.37. The van der Waals surface area contributed by atoms with E-state index in [0.29, 0.717) is 17.8 Å². The lowest BCUT2D eigenvalue weighted by Gasteiger charge is -2.04. The SMILES string of the molecule is N#Cc1cnc2c(c1)CCCC(=O)N2. The third-order valence-electron chi connectivity index (χ3n) is 2.20. The predicted octanol–water partition coefficient (Wildman–Crippen LogP) is 1.23. The molecule has 2 rings (SSSR count). The zero-order valence-corrected chi connectivity index (χ0v) is 7.58. The molecule has 70 valence electrons. The van der Waals surface area contributed by atoms with Gasteiger partial charge < -0.3 is 5.32 Å². The lowest BCUT2D eigenvalue weighted by Crippen LogP contribution is -2.10. The van der Waals surface area contributed by atoms with Crippen molar-refractivity contribution < 1.29 is 4.79 Å². The quantitative estimate of drug-likeness (QED) is 0.664. The Morgan fingerprint density at radius 1 is 1.50 bits per heavy atom. The standard InChI is InChI=1S/C10H9N3O/c11-5-7-4-8-2-1-3-9(14)13-10(8)12-6-7/h4,6H,1-3H2,(H,12,13,14). The minimum absolute atomic E-state index is 0.000887. The molecule has 1 N–H and O–H groups in total. The third kappa shape index (κ3) is 1.57. The molecule has 0 aliphatic carbocycles. The summed E-state index contributed by atoms with van der Waals surface area (Å²) >= 11 is 0. The van der Waals surface area contributed by atoms with Crippen LogP contribution in [0, 0.1) is 11.3 Å². The number of aromatic nitrogens is 1. The predicted molar refractivity (Wildman–Crippen MR) is 50.5 cm³/mol. The second-order valence-electron chi connectivity index (χ2n) is 3.25. The highest BCUT2D eigenvalue weighted by Gasteiger charge is 2.13. The Labute approximate surface area is 81.6 Å². The smallest absolute Gasteiger partial charge is 0.225 e. The molecular weight excluding hydrogens is 178 g/mol. The second kappa shape index (κ2) is 3.46. The zero-order chi connectivity index (χ0) is 9.97. The van der Waals surface area contributed by atoms with Gasteiger partial charge in [-0.1, -0.05) is 0 Å². The number of nitrogens with one attached hydrogen (secondary N) is 1. The number of amides is 1. The van der Waals surface area contributed by atoms with E-state index < -0.39 is 0 Å². The van der Waals surface area contributed by atoms with Crippen LogP contribution in [0.4, 0.5) is 5.82 Å². The summed E-state index contributed by atoms with van der Waals surface area (Å²) in [5.74, 6) is 0.604. The van der Waals surface area contributed by atoms with Gasteiger partial charge in [0.05, 0.1) is 5.56 Å². The van der Waals surface area contributed by atoms with E-state index in [-0.39, 0.29) is 5.91 Å². The molecule has 2 heterocycles. The van der Waals surface area contributed by atoms with E-state index in [1.165, 1.54) is 6.20 Å². The van der Waals surface area contributed by atoms with Crippen molar-refractivity contribution in [2.24, 2.45) is 0 Å². The van der Waals surface area contributed by atoms with Gasteiger partial charge in [0.1, 0.15) is 11.9 Å². The summed E-state index contributed by atoms with van der Waals surface area (Å²) in [6, 6.07) is 3.82. The van der Waals surface area contributed by atoms with Crippen LogP contribution in [-0.2, 0) is 11.2 Å². The number of nitriles is 1. The molecule has 4 nitrogen and oxygen atoms in total. The van der Waals surface area contributed by atoms with Gasteiger partial charge in [0.25, 0.3) is 0 Å². The van der Waals surface area contributed by atoms with E-state index in [9.17, 15) is 4.79 Å². The zero-order valence-electron chi connectivity index (χ0n) is 7.58. The number of fused-ring (bicyclic) bond motifs is 1. The molecule has 0 fully saturated rings. The van der Waals surface area contributed by atoms with Crippen LogP contribution in [0.1, 0.15) is 24.0 Å². The van der Waals surface area contributed by atoms with Crippen LogP contribution in [-0.4, -0.2) is 10.9 Å². The van der Waals surface area contributed by atoms with Crippen molar-refractivity contribution >= 4 is 11.7 Å². The molecule has 0 spiro atoms. The van der Waals surface area contributed by atoms with Crippen molar-refractivity contribution in [1.29, 1.82) is 5.26 Å². The molecule has 1 aliphatic heterocycles. The van der Waals surface area contributed by atoms with Crippen LogP contribution in [0.3, 0.4) is 0 Å². The first-order valence-corrected chi connectivity index (χ1v) is 4.48. The van der Waals surface area contributed by atoms with Gasteiger partial charge in [-0.2, -0.15) is 5.26 Å². The number of rotatable bonds is 0. The molecule has 0 atom stereocenters. The van der Waals surface area contributed by atoms with Gasteiger partial charge in [-0.05, 0) is 24.5 Å². The van der Waals surface area contributed by atoms with Crippen molar-refractivity contribution in [3.63, 3.8) is 0 Å². The minimum atomic E-state index is 0.000887. The normalized spacial score (nSPS) is 14.9. The van der Waals surface area contributed by atoms with Crippen molar-refractivity contribution in [1.82, 2.24) is 4.98 Å². The monoisotopic (exact) mass is 187 g/mol. The van der Waals surface area contributed by atoms with Crippen molar-refractivity contribution in [3.05, 3.63) is 23.4 Å². The molecule has 1 aliphatic rings. The van der Waals surface area contributed by atoms with Crippen molar-refractivity contribution in [2.75, 3.05) is 5.32 Å². The number of carbonyl (C=O) groups is 1. The van der Waals surface area contributed by atoms with Gasteiger partial charge in [0.15, 0.2) is 0 Å². The van der Waals surface area contributed by atoms with Crippen LogP contribution < -0.4 is 5.32 Å². The fourth-order valence-electron chi connectivity index (χ4n) is 1.51. The third-order valence-corrected chi connectivity index (χ3v) is 2.20. The highest BCUT2D eigenvalue weighted by molar-refractivity contribution is 5.91. The van der Waals surface area contributed by atoms with Crippen LogP contribution in [0.2, 0.25) is 0 Å². The van der Waals surface area contributed by atoms with E-state index in [2.05, 4.69) is 10.3 Å². The largest absolute Gasteiger partial charge is 0.310 e. The maximum Gasteiger partial charge on any atom is 0.225 e. The fourth-order valence-corrected chi connectivity index (χ4v) is 1.51. The second-order valence-corrected chi connectivity index (χ2v) is 3.25. The molecule has 0 saturated carbocycles. The molecule has 0 radical (unpaired) electrons. The number of anilines is 1. The minimum Gasteiger partial charge on any atom is -0.310 e. The van der Waals surface area contributed by atoms with Gasteiger partial charge >= 0.3 is 0 Å². The number of nitrogens with zero attached hydrogens (tertiary/aromatic N) is 2. The van der Waals surface area contributed by atoms with E-state index in [1.807, 2.05) is 6.07 Å². The molecule has 14 heavy (non-hydrogen) atoms. The van der Waals surface area contributed by atoms with Crippen molar-refractivity contribution in [3.8, 4) is 6.07 Å². The van der Waals surface area contributed by atoms with E-state index in [0.717, 1.165) is 18.4 Å². The fraction of sp³-hybridized carbons (Fsp3) is 0.300. The lowest BCUT2D eigenvalue weighted by atomic mass is 10.1. The van der Waals surface area contributed by atoms with Crippen LogP contribution in [0.15, 0.2) is 12.3 Å². The highest BCUT2D eigenvalue weighted by Crippen LogP contribution is 2.20. The molecule has 0 saturated heterocycles. The molecule has 0 unspecified atom stereocenters. The maximum atomic E-state index is 11.2. The summed E-state index contributed by atoms with van der Waals surface area (Å²) in [5.41, 5.74) is 1.50. The van der Waals surface area contributed by atoms with Gasteiger partial charge in [-0.25, -0.2) is 4.98 Å². The Kier molecular flexibility index (Phi) is 2.15. The first-order valence-electron chi connectivity index (χ1n) is 4.48. The van der Waals surface area contributed by atoms with Gasteiger partial charge in [0, 0.05) is 12.6 Å². The lowest BCUT2D eigenvalue weighted by molar-refractivity contribution is -0.116. The van der Waals surface area contributed by atoms with E-state index >= 15 is 0 Å². The number of hydrogen-bond donors (Lipinski definition) is 1. The Balaban J connectivity index is 2.41. The van der Waals surface area contributed by atoms with Crippen molar-refractivity contribution in [2.45, 2.75) is 19.3 Å². The number of carbonyl (C=O) groups excluding carboxylic acids is 1. The average molecular weight is 187 g/mol. The number of pyridine rings is 1. The molecule has 1 aromatic heterocycles. The van der Waals surface area contributed by atoms with E-state index in [4.69, 9.17) is 5.26 Å². The molecular formula is C10H9N3O. The molecule has 0 bridgehead atoms. The molecule has 1 amide bonds. The number of hydrogen-bond acceptors (Lipinski definition) is 3. The van der Waals surface area contributed by atoms with Crippen LogP contribution in [0.25, 0.3) is 0 Å². The van der Waals surface area contributed by atoms with Gasteiger partial charge in [0.2, 0.25) is 5.91 Å². The Morgan fingerprint density at radius 3 is 3.14 bits per heavy atom. The summed E-state index contributed by atoms with van der Waals surface area (Å²) in [5, 5.41) is 11.4. The van der Waals surface area contributed by atoms with Gasteiger partial charge in [-0.15, -0.1) is 0 Å². The summed E-state index contributed by atoms with van der Waals surface area (Å²) in [4.78, 5) is 15.2. The summed E-state index contributed by atoms with van der Waals surface area (Å²) in [7, 11) is 0. The first-order chi connectivity index (χ1) is 6.79. The topological polar surface area (TPSA) is 65.8 Å². The molecule has 1 aromatic rings. The molecule has 0 aromatic carbocycles. The van der Waals surface area contributed by atoms with Crippen LogP contribution in [0.5, 0.6) is 0 Å².